The third kappa shape index (κ3) is 5.15. The molecule has 184 valence electrons. The predicted molar refractivity (Wildman–Crippen MR) is 126 cm³/mol. The van der Waals surface area contributed by atoms with Gasteiger partial charge in [-0.2, -0.15) is 0 Å². The molecule has 1 aromatic carbocycles. The highest BCUT2D eigenvalue weighted by molar-refractivity contribution is 5.83. The first-order valence-corrected chi connectivity index (χ1v) is 11.5. The molecule has 3 heterocycles. The maximum absolute atomic E-state index is 13.2. The summed E-state index contributed by atoms with van der Waals surface area (Å²) in [6, 6.07) is 9.24. The topological polar surface area (TPSA) is 140 Å². The van der Waals surface area contributed by atoms with Gasteiger partial charge >= 0.3 is 5.69 Å². The molecule has 0 aliphatic carbocycles. The number of carbonyl (C=O) groups is 3. The van der Waals surface area contributed by atoms with Gasteiger partial charge in [-0.3, -0.25) is 34.6 Å². The minimum Gasteiger partial charge on any atom is -0.342 e. The molecule has 1 saturated heterocycles. The molecule has 2 N–H and O–H groups in total. The number of hydrogen-bond acceptors (Lipinski definition) is 6. The van der Waals surface area contributed by atoms with E-state index in [1.54, 1.807) is 9.47 Å². The van der Waals surface area contributed by atoms with E-state index in [2.05, 4.69) is 15.8 Å². The zero-order chi connectivity index (χ0) is 24.9. The van der Waals surface area contributed by atoms with Crippen molar-refractivity contribution in [2.75, 3.05) is 13.1 Å². The average molecular weight is 482 g/mol. The van der Waals surface area contributed by atoms with E-state index in [0.29, 0.717) is 19.5 Å². The molecule has 0 spiro atoms. The molecule has 35 heavy (non-hydrogen) atoms. The van der Waals surface area contributed by atoms with Crippen LogP contribution in [0.15, 0.2) is 46.2 Å². The van der Waals surface area contributed by atoms with E-state index in [1.807, 2.05) is 37.3 Å². The summed E-state index contributed by atoms with van der Waals surface area (Å²) < 4.78 is 3.81. The van der Waals surface area contributed by atoms with E-state index < -0.39 is 29.6 Å². The minimum atomic E-state index is -0.733. The molecule has 1 aliphatic heterocycles. The Morgan fingerprint density at radius 1 is 1.03 bits per heavy atom. The first kappa shape index (κ1) is 23.9. The number of rotatable bonds is 8. The first-order chi connectivity index (χ1) is 16.9. The van der Waals surface area contributed by atoms with Crippen LogP contribution < -0.4 is 22.1 Å². The molecule has 1 aliphatic rings. The van der Waals surface area contributed by atoms with Crippen molar-refractivity contribution in [3.63, 3.8) is 0 Å². The molecule has 12 heteroatoms. The van der Waals surface area contributed by atoms with E-state index in [1.165, 1.54) is 10.9 Å². The Morgan fingerprint density at radius 2 is 1.77 bits per heavy atom. The fraction of sp³-hybridized carbons (Fsp3) is 0.391. The smallest absolute Gasteiger partial charge is 0.333 e. The van der Waals surface area contributed by atoms with Gasteiger partial charge in [0.25, 0.3) is 11.5 Å². The normalized spacial score (nSPS) is 13.4. The fourth-order valence-electron chi connectivity index (χ4n) is 4.09. The van der Waals surface area contributed by atoms with E-state index in [-0.39, 0.29) is 36.6 Å². The molecule has 3 amide bonds. The standard InChI is InChI=1S/C23H27N7O5/c1-2-27-15-24-21-20(27)22(34)30(23(35)29(21)13-16-7-4-3-5-8-16)14-18(32)26-25-17(31)10-12-28-11-6-9-19(28)33/h3-5,7-8,15H,2,6,9-14H2,1H3,(H,25,31)(H,26,32). The highest BCUT2D eigenvalue weighted by atomic mass is 16.2. The van der Waals surface area contributed by atoms with Crippen LogP contribution in [-0.4, -0.2) is 54.4 Å². The SMILES string of the molecule is CCn1cnc2c1c(=O)n(CC(=O)NNC(=O)CCN1CCCC1=O)c(=O)n2Cc1ccccc1. The molecular weight excluding hydrogens is 454 g/mol. The number of aryl methyl sites for hydroxylation is 1. The van der Waals surface area contributed by atoms with Crippen molar-refractivity contribution in [3.8, 4) is 0 Å². The second-order valence-corrected chi connectivity index (χ2v) is 8.28. The number of nitrogens with zero attached hydrogens (tertiary/aromatic N) is 5. The molecule has 4 rings (SSSR count). The number of hydrazine groups is 1. The number of carbonyl (C=O) groups excluding carboxylic acids is 3. The number of amides is 3. The van der Waals surface area contributed by atoms with E-state index in [9.17, 15) is 24.0 Å². The summed E-state index contributed by atoms with van der Waals surface area (Å²) in [6.07, 6.45) is 2.77. The monoisotopic (exact) mass is 481 g/mol. The van der Waals surface area contributed by atoms with Crippen LogP contribution in [0.5, 0.6) is 0 Å². The molecule has 0 saturated carbocycles. The summed E-state index contributed by atoms with van der Waals surface area (Å²) in [5.41, 5.74) is 4.49. The van der Waals surface area contributed by atoms with Gasteiger partial charge in [0.05, 0.1) is 12.9 Å². The van der Waals surface area contributed by atoms with Crippen LogP contribution in [0, 0.1) is 0 Å². The molecule has 0 radical (unpaired) electrons. The lowest BCUT2D eigenvalue weighted by atomic mass is 10.2. The van der Waals surface area contributed by atoms with E-state index >= 15 is 0 Å². The Hall–Kier alpha value is -4.22. The number of benzene rings is 1. The van der Waals surface area contributed by atoms with Gasteiger partial charge in [-0.15, -0.1) is 0 Å². The van der Waals surface area contributed by atoms with Crippen molar-refractivity contribution in [3.05, 3.63) is 63.1 Å². The summed E-state index contributed by atoms with van der Waals surface area (Å²) in [5, 5.41) is 0. The van der Waals surface area contributed by atoms with Gasteiger partial charge in [0, 0.05) is 32.5 Å². The van der Waals surface area contributed by atoms with Crippen LogP contribution >= 0.6 is 0 Å². The van der Waals surface area contributed by atoms with Crippen molar-refractivity contribution in [1.29, 1.82) is 0 Å². The third-order valence-corrected chi connectivity index (χ3v) is 5.93. The van der Waals surface area contributed by atoms with E-state index in [0.717, 1.165) is 16.6 Å². The molecule has 3 aromatic rings. The maximum Gasteiger partial charge on any atom is 0.333 e. The Bertz CT molecular complexity index is 1370. The van der Waals surface area contributed by atoms with E-state index in [4.69, 9.17) is 0 Å². The Morgan fingerprint density at radius 3 is 2.46 bits per heavy atom. The maximum atomic E-state index is 13.2. The molecule has 1 fully saturated rings. The average Bonchev–Trinajstić information content (AvgIpc) is 3.48. The summed E-state index contributed by atoms with van der Waals surface area (Å²) in [4.78, 5) is 68.5. The number of aromatic nitrogens is 4. The Labute approximate surface area is 200 Å². The van der Waals surface area contributed by atoms with Gasteiger partial charge in [-0.05, 0) is 18.9 Å². The zero-order valence-electron chi connectivity index (χ0n) is 19.4. The summed E-state index contributed by atoms with van der Waals surface area (Å²) in [5.74, 6) is -1.20. The Balaban J connectivity index is 1.51. The molecule has 0 atom stereocenters. The highest BCUT2D eigenvalue weighted by Gasteiger charge is 2.21. The van der Waals surface area contributed by atoms with Crippen LogP contribution in [-0.2, 0) is 34.0 Å². The predicted octanol–water partition coefficient (Wildman–Crippen LogP) is -0.412. The molecule has 2 aromatic heterocycles. The summed E-state index contributed by atoms with van der Waals surface area (Å²) in [7, 11) is 0. The first-order valence-electron chi connectivity index (χ1n) is 11.5. The van der Waals surface area contributed by atoms with Crippen molar-refractivity contribution < 1.29 is 14.4 Å². The number of nitrogens with one attached hydrogen (secondary N) is 2. The Kier molecular flexibility index (Phi) is 7.09. The zero-order valence-corrected chi connectivity index (χ0v) is 19.4. The lowest BCUT2D eigenvalue weighted by molar-refractivity contribution is -0.131. The molecule has 12 nitrogen and oxygen atoms in total. The molecular formula is C23H27N7O5. The van der Waals surface area contributed by atoms with Gasteiger partial charge in [0.1, 0.15) is 6.54 Å². The fourth-order valence-corrected chi connectivity index (χ4v) is 4.09. The largest absolute Gasteiger partial charge is 0.342 e. The van der Waals surface area contributed by atoms with Crippen LogP contribution in [0.4, 0.5) is 0 Å². The van der Waals surface area contributed by atoms with Crippen LogP contribution in [0.25, 0.3) is 11.2 Å². The molecule has 0 bridgehead atoms. The quantitative estimate of drug-likeness (QED) is 0.419. The van der Waals surface area contributed by atoms with Gasteiger partial charge in [0.15, 0.2) is 11.2 Å². The van der Waals surface area contributed by atoms with Gasteiger partial charge in [0.2, 0.25) is 11.8 Å². The van der Waals surface area contributed by atoms with Crippen molar-refractivity contribution in [1.82, 2.24) is 34.4 Å². The number of imidazole rings is 1. The number of hydrogen-bond donors (Lipinski definition) is 2. The lowest BCUT2D eigenvalue weighted by Crippen LogP contribution is -2.48. The minimum absolute atomic E-state index is 0.00899. The van der Waals surface area contributed by atoms with Gasteiger partial charge in [-0.1, -0.05) is 30.3 Å². The van der Waals surface area contributed by atoms with Crippen LogP contribution in [0.2, 0.25) is 0 Å². The van der Waals surface area contributed by atoms with Gasteiger partial charge < -0.3 is 9.47 Å². The highest BCUT2D eigenvalue weighted by Crippen LogP contribution is 2.10. The lowest BCUT2D eigenvalue weighted by Gasteiger charge is -2.15. The summed E-state index contributed by atoms with van der Waals surface area (Å²) >= 11 is 0. The van der Waals surface area contributed by atoms with Gasteiger partial charge in [-0.25, -0.2) is 14.3 Å². The van der Waals surface area contributed by atoms with Crippen molar-refractivity contribution in [2.24, 2.45) is 0 Å². The number of likely N-dealkylation sites (tertiary alicyclic amines) is 1. The van der Waals surface area contributed by atoms with Crippen LogP contribution in [0.3, 0.4) is 0 Å². The summed E-state index contributed by atoms with van der Waals surface area (Å²) in [6.45, 7) is 2.77. The second kappa shape index (κ2) is 10.4. The molecule has 0 unspecified atom stereocenters. The van der Waals surface area contributed by atoms with Crippen LogP contribution in [0.1, 0.15) is 31.7 Å². The second-order valence-electron chi connectivity index (χ2n) is 8.28. The third-order valence-electron chi connectivity index (χ3n) is 5.93. The van der Waals surface area contributed by atoms with Crippen molar-refractivity contribution >= 4 is 28.9 Å². The van der Waals surface area contributed by atoms with Crippen molar-refractivity contribution in [2.45, 2.75) is 45.8 Å². The number of fused-ring (bicyclic) bond motifs is 1.